The van der Waals surface area contributed by atoms with E-state index >= 15 is 0 Å². The average Bonchev–Trinajstić information content (AvgIpc) is 2.86. The van der Waals surface area contributed by atoms with Crippen molar-refractivity contribution in [2.75, 3.05) is 32.8 Å². The number of aromatic nitrogens is 1. The molecule has 0 spiro atoms. The number of hydrogen-bond donors (Lipinski definition) is 0. The van der Waals surface area contributed by atoms with Crippen molar-refractivity contribution in [2.45, 2.75) is 51.6 Å². The highest BCUT2D eigenvalue weighted by atomic mass is 16.5. The molecule has 0 radical (unpaired) electrons. The van der Waals surface area contributed by atoms with Crippen LogP contribution < -0.4 is 0 Å². The van der Waals surface area contributed by atoms with Gasteiger partial charge in [0.15, 0.2) is 0 Å². The average molecular weight is 448 g/mol. The summed E-state index contributed by atoms with van der Waals surface area (Å²) in [6.45, 7) is 7.31. The molecule has 0 amide bonds. The zero-order valence-electron chi connectivity index (χ0n) is 19.9. The van der Waals surface area contributed by atoms with Crippen LogP contribution in [0.2, 0.25) is 0 Å². The smallest absolute Gasteiger partial charge is 0.313 e. The maximum Gasteiger partial charge on any atom is 0.313 e. The van der Waals surface area contributed by atoms with Gasteiger partial charge in [-0.3, -0.25) is 19.6 Å². The predicted molar refractivity (Wildman–Crippen MR) is 133 cm³/mol. The molecule has 4 rings (SSSR count). The molecule has 3 heterocycles. The van der Waals surface area contributed by atoms with E-state index in [0.29, 0.717) is 12.6 Å². The van der Waals surface area contributed by atoms with Crippen molar-refractivity contribution in [1.29, 1.82) is 0 Å². The molecule has 0 unspecified atom stereocenters. The molecule has 2 aliphatic rings. The zero-order chi connectivity index (χ0) is 22.9. The highest BCUT2D eigenvalue weighted by Gasteiger charge is 2.44. The molecule has 33 heavy (non-hydrogen) atoms. The second kappa shape index (κ2) is 11.6. The van der Waals surface area contributed by atoms with Gasteiger partial charge in [-0.05, 0) is 63.3 Å². The first-order valence-corrected chi connectivity index (χ1v) is 12.4. The van der Waals surface area contributed by atoms with E-state index in [1.165, 1.54) is 5.56 Å². The minimum absolute atomic E-state index is 0.0278. The van der Waals surface area contributed by atoms with E-state index in [4.69, 9.17) is 4.74 Å². The zero-order valence-corrected chi connectivity index (χ0v) is 19.9. The van der Waals surface area contributed by atoms with Crippen molar-refractivity contribution >= 4 is 12.0 Å². The third-order valence-electron chi connectivity index (χ3n) is 7.12. The molecule has 1 aromatic carbocycles. The molecule has 0 bridgehead atoms. The Labute approximate surface area is 198 Å². The SMILES string of the molecule is CCOC(=O)[C@@]1(C/C=C/c2ccccc2)CCCN(C2CCN(Cc3ccccn3)CC2)C1. The Hall–Kier alpha value is -2.50. The van der Waals surface area contributed by atoms with Gasteiger partial charge in [0, 0.05) is 38.4 Å². The monoisotopic (exact) mass is 447 g/mol. The molecule has 0 saturated carbocycles. The van der Waals surface area contributed by atoms with Crippen LogP contribution in [0.25, 0.3) is 6.08 Å². The molecule has 0 N–H and O–H groups in total. The molecule has 2 saturated heterocycles. The van der Waals surface area contributed by atoms with Crippen molar-refractivity contribution < 1.29 is 9.53 Å². The van der Waals surface area contributed by atoms with E-state index in [2.05, 4.69) is 51.2 Å². The Morgan fingerprint density at radius 3 is 2.64 bits per heavy atom. The molecule has 5 nitrogen and oxygen atoms in total. The largest absolute Gasteiger partial charge is 0.466 e. The van der Waals surface area contributed by atoms with Crippen LogP contribution in [0.3, 0.4) is 0 Å². The van der Waals surface area contributed by atoms with E-state index in [9.17, 15) is 4.79 Å². The standard InChI is InChI=1S/C28H37N3O2/c1-2-33-27(32)28(16-8-12-24-10-4-3-5-11-24)17-9-19-31(23-28)26-14-20-30(21-15-26)22-25-13-6-7-18-29-25/h3-8,10-13,18,26H,2,9,14-17,19-23H2,1H3/b12-8+/t28-/m0/s1. The van der Waals surface area contributed by atoms with Gasteiger partial charge in [-0.15, -0.1) is 0 Å². The van der Waals surface area contributed by atoms with Crippen molar-refractivity contribution in [1.82, 2.24) is 14.8 Å². The number of nitrogens with zero attached hydrogens (tertiary/aromatic N) is 3. The fraction of sp³-hybridized carbons (Fsp3) is 0.500. The molecule has 0 aliphatic carbocycles. The second-order valence-corrected chi connectivity index (χ2v) is 9.42. The van der Waals surface area contributed by atoms with E-state index < -0.39 is 5.41 Å². The summed E-state index contributed by atoms with van der Waals surface area (Å²) in [7, 11) is 0. The van der Waals surface area contributed by atoms with Crippen molar-refractivity contribution in [3.8, 4) is 0 Å². The van der Waals surface area contributed by atoms with Gasteiger partial charge in [-0.25, -0.2) is 0 Å². The summed E-state index contributed by atoms with van der Waals surface area (Å²) in [5.74, 6) is -0.0278. The molecule has 1 atom stereocenters. The van der Waals surface area contributed by atoms with E-state index in [1.807, 2.05) is 37.4 Å². The van der Waals surface area contributed by atoms with Gasteiger partial charge in [0.25, 0.3) is 0 Å². The van der Waals surface area contributed by atoms with Gasteiger partial charge in [0.05, 0.1) is 17.7 Å². The van der Waals surface area contributed by atoms with Crippen LogP contribution >= 0.6 is 0 Å². The van der Waals surface area contributed by atoms with Crippen LogP contribution in [0.4, 0.5) is 0 Å². The highest BCUT2D eigenvalue weighted by Crippen LogP contribution is 2.37. The molecule has 2 aromatic rings. The highest BCUT2D eigenvalue weighted by molar-refractivity contribution is 5.78. The topological polar surface area (TPSA) is 45.7 Å². The molecular formula is C28H37N3O2. The number of piperidine rings is 2. The second-order valence-electron chi connectivity index (χ2n) is 9.42. The normalized spacial score (nSPS) is 23.1. The first kappa shape index (κ1) is 23.7. The van der Waals surface area contributed by atoms with Crippen LogP contribution in [0.1, 0.15) is 50.3 Å². The number of carbonyl (C=O) groups excluding carboxylic acids is 1. The first-order valence-electron chi connectivity index (χ1n) is 12.4. The molecule has 2 fully saturated rings. The van der Waals surface area contributed by atoms with Gasteiger partial charge >= 0.3 is 5.97 Å². The Morgan fingerprint density at radius 2 is 1.91 bits per heavy atom. The Morgan fingerprint density at radius 1 is 1.12 bits per heavy atom. The van der Waals surface area contributed by atoms with Crippen LogP contribution in [0, 0.1) is 5.41 Å². The number of rotatable bonds is 8. The van der Waals surface area contributed by atoms with Crippen molar-refractivity contribution in [3.05, 3.63) is 72.1 Å². The number of carbonyl (C=O) groups is 1. The van der Waals surface area contributed by atoms with Crippen LogP contribution in [0.15, 0.2) is 60.8 Å². The van der Waals surface area contributed by atoms with Gasteiger partial charge in [-0.1, -0.05) is 48.6 Å². The quantitative estimate of drug-likeness (QED) is 0.544. The number of ether oxygens (including phenoxy) is 1. The van der Waals surface area contributed by atoms with Crippen LogP contribution in [0.5, 0.6) is 0 Å². The lowest BCUT2D eigenvalue weighted by atomic mass is 9.76. The Bertz CT molecular complexity index is 894. The number of likely N-dealkylation sites (tertiary alicyclic amines) is 2. The lowest BCUT2D eigenvalue weighted by molar-refractivity contribution is -0.160. The lowest BCUT2D eigenvalue weighted by Gasteiger charge is -2.46. The van der Waals surface area contributed by atoms with E-state index in [1.54, 1.807) is 0 Å². The lowest BCUT2D eigenvalue weighted by Crippen LogP contribution is -2.54. The van der Waals surface area contributed by atoms with E-state index in [-0.39, 0.29) is 5.97 Å². The maximum absolute atomic E-state index is 13.1. The van der Waals surface area contributed by atoms with E-state index in [0.717, 1.165) is 70.5 Å². The van der Waals surface area contributed by atoms with Gasteiger partial charge in [-0.2, -0.15) is 0 Å². The number of pyridine rings is 1. The summed E-state index contributed by atoms with van der Waals surface area (Å²) < 4.78 is 5.59. The van der Waals surface area contributed by atoms with Crippen LogP contribution in [-0.4, -0.2) is 59.6 Å². The number of hydrogen-bond acceptors (Lipinski definition) is 5. The summed E-state index contributed by atoms with van der Waals surface area (Å²) in [5, 5.41) is 0. The molecular weight excluding hydrogens is 410 g/mol. The summed E-state index contributed by atoms with van der Waals surface area (Å²) in [4.78, 5) is 22.7. The van der Waals surface area contributed by atoms with Crippen molar-refractivity contribution in [3.63, 3.8) is 0 Å². The molecule has 2 aliphatic heterocycles. The molecule has 176 valence electrons. The first-order chi connectivity index (χ1) is 16.2. The summed E-state index contributed by atoms with van der Waals surface area (Å²) in [6.07, 6.45) is 11.2. The third kappa shape index (κ3) is 6.30. The third-order valence-corrected chi connectivity index (χ3v) is 7.12. The summed E-state index contributed by atoms with van der Waals surface area (Å²) in [6, 6.07) is 17.0. The minimum Gasteiger partial charge on any atom is -0.466 e. The van der Waals surface area contributed by atoms with Gasteiger partial charge < -0.3 is 4.74 Å². The summed E-state index contributed by atoms with van der Waals surface area (Å²) >= 11 is 0. The number of esters is 1. The van der Waals surface area contributed by atoms with Crippen molar-refractivity contribution in [2.24, 2.45) is 5.41 Å². The maximum atomic E-state index is 13.1. The number of allylic oxidation sites excluding steroid dienone is 1. The summed E-state index contributed by atoms with van der Waals surface area (Å²) in [5.41, 5.74) is 1.87. The fourth-order valence-electron chi connectivity index (χ4n) is 5.33. The fourth-order valence-corrected chi connectivity index (χ4v) is 5.33. The Balaban J connectivity index is 1.38. The Kier molecular flexibility index (Phi) is 8.30. The predicted octanol–water partition coefficient (Wildman–Crippen LogP) is 4.79. The molecule has 1 aromatic heterocycles. The van der Waals surface area contributed by atoms with Crippen LogP contribution in [-0.2, 0) is 16.1 Å². The molecule has 5 heteroatoms. The minimum atomic E-state index is -0.440. The van der Waals surface area contributed by atoms with Gasteiger partial charge in [0.1, 0.15) is 0 Å². The number of benzene rings is 1. The van der Waals surface area contributed by atoms with Gasteiger partial charge in [0.2, 0.25) is 0 Å².